The number of amides is 1. The summed E-state index contributed by atoms with van der Waals surface area (Å²) in [5.41, 5.74) is 1.87. The minimum Gasteiger partial charge on any atom is -0.388 e. The largest absolute Gasteiger partial charge is 0.388 e. The van der Waals surface area contributed by atoms with Crippen LogP contribution in [-0.4, -0.2) is 31.7 Å². The van der Waals surface area contributed by atoms with Crippen LogP contribution in [0.1, 0.15) is 25.0 Å². The molecule has 0 radical (unpaired) electrons. The molecule has 0 aliphatic rings. The number of benzene rings is 1. The normalized spacial score (nSPS) is 12.0. The summed E-state index contributed by atoms with van der Waals surface area (Å²) in [6.45, 7) is 2.27. The number of anilines is 1. The molecule has 0 aromatic heterocycles. The summed E-state index contributed by atoms with van der Waals surface area (Å²) in [5, 5.41) is 12.2. The van der Waals surface area contributed by atoms with Gasteiger partial charge in [0.1, 0.15) is 0 Å². The summed E-state index contributed by atoms with van der Waals surface area (Å²) in [4.78, 5) is 13.1. The molecule has 2 N–H and O–H groups in total. The van der Waals surface area contributed by atoms with Gasteiger partial charge in [0.05, 0.1) is 12.6 Å². The van der Waals surface area contributed by atoms with Crippen LogP contribution in [0.4, 0.5) is 5.69 Å². The number of aliphatic hydroxyl groups is 1. The molecule has 1 amide bonds. The Morgan fingerprint density at radius 3 is 2.47 bits per heavy atom. The van der Waals surface area contributed by atoms with E-state index in [-0.39, 0.29) is 5.91 Å². The van der Waals surface area contributed by atoms with Crippen LogP contribution in [0.5, 0.6) is 0 Å². The van der Waals surface area contributed by atoms with Crippen LogP contribution in [0.15, 0.2) is 24.3 Å². The second-order valence-electron chi connectivity index (χ2n) is 4.04. The molecule has 0 bridgehead atoms. The summed E-state index contributed by atoms with van der Waals surface area (Å²) in [6.07, 6.45) is 0.293. The van der Waals surface area contributed by atoms with Crippen LogP contribution >= 0.6 is 0 Å². The van der Waals surface area contributed by atoms with Gasteiger partial charge in [0.15, 0.2) is 0 Å². The Kier molecular flexibility index (Phi) is 4.97. The van der Waals surface area contributed by atoms with Gasteiger partial charge in [-0.25, -0.2) is 0 Å². The van der Waals surface area contributed by atoms with E-state index in [1.807, 2.05) is 43.1 Å². The van der Waals surface area contributed by atoms with Crippen LogP contribution in [-0.2, 0) is 4.79 Å². The molecule has 1 rings (SSSR count). The highest BCUT2D eigenvalue weighted by Crippen LogP contribution is 2.20. The number of rotatable bonds is 5. The number of hydrogen-bond donors (Lipinski definition) is 2. The van der Waals surface area contributed by atoms with Gasteiger partial charge in [-0.3, -0.25) is 4.79 Å². The molecule has 1 aromatic rings. The number of nitrogens with zero attached hydrogens (tertiary/aromatic N) is 1. The highest BCUT2D eigenvalue weighted by atomic mass is 16.3. The number of carbonyl (C=O) groups excluding carboxylic acids is 1. The zero-order chi connectivity index (χ0) is 12.8. The second-order valence-corrected chi connectivity index (χ2v) is 4.04. The van der Waals surface area contributed by atoms with Crippen LogP contribution in [0.3, 0.4) is 0 Å². The lowest BCUT2D eigenvalue weighted by Gasteiger charge is -2.19. The van der Waals surface area contributed by atoms with E-state index in [1.54, 1.807) is 7.05 Å². The third kappa shape index (κ3) is 3.75. The molecule has 0 saturated carbocycles. The quantitative estimate of drug-likeness (QED) is 0.810. The van der Waals surface area contributed by atoms with Crippen molar-refractivity contribution in [3.05, 3.63) is 29.8 Å². The maximum Gasteiger partial charge on any atom is 0.239 e. The molecule has 0 unspecified atom stereocenters. The highest BCUT2D eigenvalue weighted by molar-refractivity contribution is 5.80. The lowest BCUT2D eigenvalue weighted by atomic mass is 10.1. The summed E-state index contributed by atoms with van der Waals surface area (Å²) in [6, 6.07) is 7.61. The second kappa shape index (κ2) is 6.25. The van der Waals surface area contributed by atoms with E-state index in [4.69, 9.17) is 0 Å². The fourth-order valence-electron chi connectivity index (χ4n) is 1.57. The van der Waals surface area contributed by atoms with Crippen molar-refractivity contribution in [1.82, 2.24) is 5.32 Å². The van der Waals surface area contributed by atoms with Gasteiger partial charge in [-0.1, -0.05) is 19.1 Å². The molecular formula is C13H20N2O2. The molecule has 94 valence electrons. The number of hydrogen-bond acceptors (Lipinski definition) is 3. The Morgan fingerprint density at radius 2 is 2.00 bits per heavy atom. The van der Waals surface area contributed by atoms with Crippen LogP contribution in [0.25, 0.3) is 0 Å². The molecule has 0 spiro atoms. The Bertz CT molecular complexity index is 362. The Labute approximate surface area is 102 Å². The molecule has 0 aliphatic carbocycles. The van der Waals surface area contributed by atoms with Crippen molar-refractivity contribution in [3.8, 4) is 0 Å². The fraction of sp³-hybridized carbons (Fsp3) is 0.462. The topological polar surface area (TPSA) is 52.6 Å². The molecule has 0 fully saturated rings. The van der Waals surface area contributed by atoms with Crippen molar-refractivity contribution >= 4 is 11.6 Å². The summed E-state index contributed by atoms with van der Waals surface area (Å²) in [5.74, 6) is -0.0230. The van der Waals surface area contributed by atoms with E-state index < -0.39 is 6.10 Å². The zero-order valence-electron chi connectivity index (χ0n) is 10.6. The van der Waals surface area contributed by atoms with E-state index in [0.717, 1.165) is 11.3 Å². The Morgan fingerprint density at radius 1 is 1.41 bits per heavy atom. The molecule has 1 aromatic carbocycles. The van der Waals surface area contributed by atoms with E-state index in [1.165, 1.54) is 0 Å². The van der Waals surface area contributed by atoms with Crippen molar-refractivity contribution in [3.63, 3.8) is 0 Å². The number of carbonyl (C=O) groups is 1. The molecule has 0 saturated heterocycles. The van der Waals surface area contributed by atoms with Crippen molar-refractivity contribution < 1.29 is 9.90 Å². The number of nitrogens with one attached hydrogen (secondary N) is 1. The van der Waals surface area contributed by atoms with Gasteiger partial charge in [-0.15, -0.1) is 0 Å². The van der Waals surface area contributed by atoms with Gasteiger partial charge in [-0.05, 0) is 24.1 Å². The van der Waals surface area contributed by atoms with E-state index in [2.05, 4.69) is 5.32 Å². The van der Waals surface area contributed by atoms with Crippen LogP contribution < -0.4 is 10.2 Å². The van der Waals surface area contributed by atoms with Crippen molar-refractivity contribution in [2.75, 3.05) is 25.5 Å². The molecule has 0 aliphatic heterocycles. The summed E-state index contributed by atoms with van der Waals surface area (Å²) < 4.78 is 0. The van der Waals surface area contributed by atoms with E-state index in [9.17, 15) is 9.90 Å². The first-order valence-electron chi connectivity index (χ1n) is 5.78. The lowest BCUT2D eigenvalue weighted by Crippen LogP contribution is -2.32. The van der Waals surface area contributed by atoms with Gasteiger partial charge in [0, 0.05) is 19.8 Å². The van der Waals surface area contributed by atoms with E-state index in [0.29, 0.717) is 13.0 Å². The van der Waals surface area contributed by atoms with Gasteiger partial charge in [-0.2, -0.15) is 0 Å². The minimum atomic E-state index is -0.409. The third-order valence-corrected chi connectivity index (χ3v) is 2.76. The maximum atomic E-state index is 11.2. The molecule has 4 heteroatoms. The molecule has 4 nitrogen and oxygen atoms in total. The average molecular weight is 236 g/mol. The molecule has 0 heterocycles. The maximum absolute atomic E-state index is 11.2. The average Bonchev–Trinajstić information content (AvgIpc) is 2.37. The molecule has 1 atom stereocenters. The minimum absolute atomic E-state index is 0.0230. The molecular weight excluding hydrogens is 216 g/mol. The van der Waals surface area contributed by atoms with Crippen LogP contribution in [0, 0.1) is 0 Å². The fourth-order valence-corrected chi connectivity index (χ4v) is 1.57. The van der Waals surface area contributed by atoms with E-state index >= 15 is 0 Å². The van der Waals surface area contributed by atoms with Gasteiger partial charge in [0.2, 0.25) is 5.91 Å². The number of aliphatic hydroxyl groups excluding tert-OH is 1. The number of likely N-dealkylation sites (N-methyl/N-ethyl adjacent to an activating group) is 2. The first kappa shape index (κ1) is 13.5. The monoisotopic (exact) mass is 236 g/mol. The predicted octanol–water partition coefficient (Wildman–Crippen LogP) is 1.31. The predicted molar refractivity (Wildman–Crippen MR) is 69.0 cm³/mol. The first-order valence-corrected chi connectivity index (χ1v) is 5.78. The first-order chi connectivity index (χ1) is 8.08. The van der Waals surface area contributed by atoms with Gasteiger partial charge < -0.3 is 15.3 Å². The van der Waals surface area contributed by atoms with Crippen molar-refractivity contribution in [2.45, 2.75) is 19.4 Å². The van der Waals surface area contributed by atoms with Gasteiger partial charge in [0.25, 0.3) is 0 Å². The highest BCUT2D eigenvalue weighted by Gasteiger charge is 2.08. The van der Waals surface area contributed by atoms with Crippen molar-refractivity contribution in [1.29, 1.82) is 0 Å². The zero-order valence-corrected chi connectivity index (χ0v) is 10.6. The summed E-state index contributed by atoms with van der Waals surface area (Å²) in [7, 11) is 3.48. The van der Waals surface area contributed by atoms with Gasteiger partial charge >= 0.3 is 0 Å². The Balaban J connectivity index is 2.70. The smallest absolute Gasteiger partial charge is 0.239 e. The summed E-state index contributed by atoms with van der Waals surface area (Å²) >= 11 is 0. The Hall–Kier alpha value is -1.55. The van der Waals surface area contributed by atoms with Crippen molar-refractivity contribution in [2.24, 2.45) is 0 Å². The molecule has 17 heavy (non-hydrogen) atoms. The van der Waals surface area contributed by atoms with Crippen LogP contribution in [0.2, 0.25) is 0 Å². The SMILES string of the molecule is CC[C@H](O)c1ccc(N(C)CC(=O)NC)cc1. The standard InChI is InChI=1S/C13H20N2O2/c1-4-12(16)10-5-7-11(8-6-10)15(3)9-13(17)14-2/h5-8,12,16H,4,9H2,1-3H3,(H,14,17)/t12-/m0/s1. The lowest BCUT2D eigenvalue weighted by molar-refractivity contribution is -0.119. The third-order valence-electron chi connectivity index (χ3n) is 2.76.